The Morgan fingerprint density at radius 3 is 2.27 bits per heavy atom. The number of hydrogen-bond donors (Lipinski definition) is 0. The van der Waals surface area contributed by atoms with Gasteiger partial charge in [-0.05, 0) is 32.0 Å². The van der Waals surface area contributed by atoms with Crippen molar-refractivity contribution >= 4 is 21.6 Å². The fourth-order valence-corrected chi connectivity index (χ4v) is 4.43. The lowest BCUT2D eigenvalue weighted by atomic mass is 10.2. The first-order valence-corrected chi connectivity index (χ1v) is 8.36. The predicted molar refractivity (Wildman–Crippen MR) is 75.2 cm³/mol. The highest BCUT2D eigenvalue weighted by atomic mass is 35.5. The number of alkyl halides is 3. The van der Waals surface area contributed by atoms with Gasteiger partial charge in [0, 0.05) is 13.1 Å². The van der Waals surface area contributed by atoms with Crippen molar-refractivity contribution in [3.63, 3.8) is 0 Å². The SMILES string of the molecule is C[C@@H]1CN(S(=O)(=O)c2cc(C(F)(F)F)ccc2Cl)C[C@@H](C)O1. The Labute approximate surface area is 131 Å². The third-order valence-corrected chi connectivity index (χ3v) is 5.58. The van der Waals surface area contributed by atoms with Crippen LogP contribution in [-0.2, 0) is 20.9 Å². The second-order valence-corrected chi connectivity index (χ2v) is 7.54. The average molecular weight is 358 g/mol. The van der Waals surface area contributed by atoms with E-state index in [-0.39, 0.29) is 30.3 Å². The molecule has 22 heavy (non-hydrogen) atoms. The van der Waals surface area contributed by atoms with Crippen molar-refractivity contribution in [2.45, 2.75) is 37.1 Å². The molecule has 1 heterocycles. The molecule has 0 N–H and O–H groups in total. The predicted octanol–water partition coefficient (Wildman–Crippen LogP) is 3.16. The van der Waals surface area contributed by atoms with Gasteiger partial charge in [0.1, 0.15) is 4.90 Å². The minimum absolute atomic E-state index is 0.0687. The van der Waals surface area contributed by atoms with E-state index in [1.54, 1.807) is 13.8 Å². The number of rotatable bonds is 2. The topological polar surface area (TPSA) is 46.6 Å². The highest BCUT2D eigenvalue weighted by molar-refractivity contribution is 7.89. The van der Waals surface area contributed by atoms with Crippen molar-refractivity contribution < 1.29 is 26.3 Å². The van der Waals surface area contributed by atoms with Crippen molar-refractivity contribution in [2.24, 2.45) is 0 Å². The Morgan fingerprint density at radius 1 is 1.23 bits per heavy atom. The third-order valence-electron chi connectivity index (χ3n) is 3.26. The van der Waals surface area contributed by atoms with E-state index in [0.29, 0.717) is 6.07 Å². The van der Waals surface area contributed by atoms with Gasteiger partial charge in [0.05, 0.1) is 22.8 Å². The van der Waals surface area contributed by atoms with Gasteiger partial charge in [-0.1, -0.05) is 11.6 Å². The Balaban J connectivity index is 2.45. The molecular weight excluding hydrogens is 343 g/mol. The lowest BCUT2D eigenvalue weighted by molar-refractivity contribution is -0.137. The molecule has 1 aliphatic rings. The molecule has 2 rings (SSSR count). The summed E-state index contributed by atoms with van der Waals surface area (Å²) >= 11 is 5.82. The molecule has 0 amide bonds. The summed E-state index contributed by atoms with van der Waals surface area (Å²) in [6, 6.07) is 2.28. The molecule has 124 valence electrons. The van der Waals surface area contributed by atoms with Crippen LogP contribution in [0.1, 0.15) is 19.4 Å². The fourth-order valence-electron chi connectivity index (χ4n) is 2.34. The molecule has 0 bridgehead atoms. The maximum Gasteiger partial charge on any atom is 0.416 e. The maximum atomic E-state index is 12.8. The summed E-state index contributed by atoms with van der Waals surface area (Å²) in [6.45, 7) is 3.54. The van der Waals surface area contributed by atoms with Crippen LogP contribution in [0.3, 0.4) is 0 Å². The number of sulfonamides is 1. The van der Waals surface area contributed by atoms with Crippen LogP contribution in [-0.4, -0.2) is 38.0 Å². The zero-order valence-corrected chi connectivity index (χ0v) is 13.5. The molecule has 0 spiro atoms. The van der Waals surface area contributed by atoms with E-state index in [0.717, 1.165) is 16.4 Å². The van der Waals surface area contributed by atoms with Crippen LogP contribution < -0.4 is 0 Å². The molecular formula is C13H15ClF3NO3S. The molecule has 1 aromatic rings. The monoisotopic (exact) mass is 357 g/mol. The lowest BCUT2D eigenvalue weighted by Gasteiger charge is -2.34. The molecule has 0 aromatic heterocycles. The molecule has 0 saturated carbocycles. The van der Waals surface area contributed by atoms with Crippen molar-refractivity contribution in [1.82, 2.24) is 4.31 Å². The highest BCUT2D eigenvalue weighted by Gasteiger charge is 2.36. The van der Waals surface area contributed by atoms with Crippen LogP contribution >= 0.6 is 11.6 Å². The van der Waals surface area contributed by atoms with Gasteiger partial charge in [0.25, 0.3) is 0 Å². The van der Waals surface area contributed by atoms with Gasteiger partial charge in [-0.3, -0.25) is 0 Å². The summed E-state index contributed by atoms with van der Waals surface area (Å²) in [5.74, 6) is 0. The minimum atomic E-state index is -4.64. The molecule has 9 heteroatoms. The van der Waals surface area contributed by atoms with E-state index in [9.17, 15) is 21.6 Å². The summed E-state index contributed by atoms with van der Waals surface area (Å²) in [4.78, 5) is -0.537. The molecule has 1 aromatic carbocycles. The van der Waals surface area contributed by atoms with Gasteiger partial charge in [-0.2, -0.15) is 17.5 Å². The Morgan fingerprint density at radius 2 is 1.77 bits per heavy atom. The number of nitrogens with zero attached hydrogens (tertiary/aromatic N) is 1. The first kappa shape index (κ1) is 17.5. The first-order chi connectivity index (χ1) is 10.0. The van der Waals surface area contributed by atoms with Crippen LogP contribution in [0.5, 0.6) is 0 Å². The summed E-state index contributed by atoms with van der Waals surface area (Å²) in [6.07, 6.45) is -5.33. The molecule has 0 radical (unpaired) electrons. The van der Waals surface area contributed by atoms with Crippen LogP contribution in [0, 0.1) is 0 Å². The largest absolute Gasteiger partial charge is 0.416 e. The van der Waals surface area contributed by atoms with E-state index >= 15 is 0 Å². The molecule has 0 aliphatic carbocycles. The summed E-state index contributed by atoms with van der Waals surface area (Å²) in [5, 5.41) is -0.236. The van der Waals surface area contributed by atoms with Crippen molar-refractivity contribution in [3.8, 4) is 0 Å². The normalized spacial score (nSPS) is 24.5. The summed E-state index contributed by atoms with van der Waals surface area (Å²) in [5.41, 5.74) is -1.05. The Bertz CT molecular complexity index is 653. The van der Waals surface area contributed by atoms with Gasteiger partial charge < -0.3 is 4.74 Å². The molecule has 1 aliphatic heterocycles. The van der Waals surface area contributed by atoms with Crippen LogP contribution in [0.4, 0.5) is 13.2 Å². The smallest absolute Gasteiger partial charge is 0.373 e. The van der Waals surface area contributed by atoms with Gasteiger partial charge in [-0.25, -0.2) is 8.42 Å². The van der Waals surface area contributed by atoms with Gasteiger partial charge >= 0.3 is 6.18 Å². The van der Waals surface area contributed by atoms with Crippen molar-refractivity contribution in [2.75, 3.05) is 13.1 Å². The Hall–Kier alpha value is -0.830. The second-order valence-electron chi connectivity index (χ2n) is 5.22. The second kappa shape index (κ2) is 5.99. The quantitative estimate of drug-likeness (QED) is 0.816. The fraction of sp³-hybridized carbons (Fsp3) is 0.538. The van der Waals surface area contributed by atoms with E-state index in [2.05, 4.69) is 0 Å². The average Bonchev–Trinajstić information content (AvgIpc) is 2.36. The van der Waals surface area contributed by atoms with Crippen LogP contribution in [0.15, 0.2) is 23.1 Å². The number of benzene rings is 1. The van der Waals surface area contributed by atoms with E-state index in [1.165, 1.54) is 0 Å². The van der Waals surface area contributed by atoms with Gasteiger partial charge in [0.15, 0.2) is 0 Å². The highest BCUT2D eigenvalue weighted by Crippen LogP contribution is 2.34. The molecule has 0 unspecified atom stereocenters. The van der Waals surface area contributed by atoms with E-state index in [4.69, 9.17) is 16.3 Å². The summed E-state index contributed by atoms with van der Waals surface area (Å²) in [7, 11) is -4.12. The molecule has 1 saturated heterocycles. The summed E-state index contributed by atoms with van der Waals surface area (Å²) < 4.78 is 70.1. The van der Waals surface area contributed by atoms with Crippen LogP contribution in [0.2, 0.25) is 5.02 Å². The number of ether oxygens (including phenoxy) is 1. The molecule has 1 fully saturated rings. The van der Waals surface area contributed by atoms with E-state index in [1.807, 2.05) is 0 Å². The first-order valence-electron chi connectivity index (χ1n) is 6.54. The van der Waals surface area contributed by atoms with Crippen LogP contribution in [0.25, 0.3) is 0 Å². The molecule has 2 atom stereocenters. The third kappa shape index (κ3) is 3.56. The zero-order chi connectivity index (χ0) is 16.7. The number of hydrogen-bond acceptors (Lipinski definition) is 3. The van der Waals surface area contributed by atoms with Gasteiger partial charge in [-0.15, -0.1) is 0 Å². The number of halogens is 4. The van der Waals surface area contributed by atoms with Gasteiger partial charge in [0.2, 0.25) is 10.0 Å². The Kier molecular flexibility index (Phi) is 4.77. The van der Waals surface area contributed by atoms with Crippen molar-refractivity contribution in [1.29, 1.82) is 0 Å². The lowest BCUT2D eigenvalue weighted by Crippen LogP contribution is -2.48. The molecule has 4 nitrogen and oxygen atoms in total. The zero-order valence-electron chi connectivity index (χ0n) is 11.9. The minimum Gasteiger partial charge on any atom is -0.373 e. The standard InChI is InChI=1S/C13H15ClF3NO3S/c1-8-6-18(7-9(2)21-8)22(19,20)12-5-10(13(15,16)17)3-4-11(12)14/h3-5,8-9H,6-7H2,1-2H3/t8-,9-/m1/s1. The van der Waals surface area contributed by atoms with Crippen molar-refractivity contribution in [3.05, 3.63) is 28.8 Å². The maximum absolute atomic E-state index is 12.8. The van der Waals surface area contributed by atoms with E-state index < -0.39 is 26.7 Å². The number of morpholine rings is 1.